The number of aliphatic carboxylic acids is 1. The Hall–Kier alpha value is -3.53. The van der Waals surface area contributed by atoms with Gasteiger partial charge in [0, 0.05) is 12.8 Å². The fraction of sp³-hybridized carbons (Fsp3) is 0.734. The number of hydrogen-bond acceptors (Lipinski definition) is 7. The highest BCUT2D eigenvalue weighted by Gasteiger charge is 2.25. The van der Waals surface area contributed by atoms with E-state index in [4.69, 9.17) is 18.9 Å². The van der Waals surface area contributed by atoms with Crippen molar-refractivity contribution in [2.45, 2.75) is 257 Å². The maximum absolute atomic E-state index is 12.9. The predicted octanol–water partition coefficient (Wildman–Crippen LogP) is 17.6. The second kappa shape index (κ2) is 54.7. The van der Waals surface area contributed by atoms with Gasteiger partial charge in [-0.25, -0.2) is 4.79 Å². The van der Waals surface area contributed by atoms with E-state index < -0.39 is 24.3 Å². The fourth-order valence-electron chi connectivity index (χ4n) is 8.07. The first kappa shape index (κ1) is 69.5. The van der Waals surface area contributed by atoms with E-state index in [-0.39, 0.29) is 32.2 Å². The third-order valence-corrected chi connectivity index (χ3v) is 12.6. The average Bonchev–Trinajstić information content (AvgIpc) is 3.36. The Morgan fingerprint density at radius 3 is 1.18 bits per heavy atom. The van der Waals surface area contributed by atoms with Crippen molar-refractivity contribution in [3.63, 3.8) is 0 Å². The van der Waals surface area contributed by atoms with E-state index in [0.29, 0.717) is 23.9 Å². The van der Waals surface area contributed by atoms with Gasteiger partial charge in [0.2, 0.25) is 0 Å². The number of nitrogens with zero attached hydrogens (tertiary/aromatic N) is 1. The van der Waals surface area contributed by atoms with E-state index in [0.717, 1.165) is 83.5 Å². The van der Waals surface area contributed by atoms with Crippen molar-refractivity contribution in [2.75, 3.05) is 47.5 Å². The lowest BCUT2D eigenvalue weighted by atomic mass is 10.1. The molecule has 9 nitrogen and oxygen atoms in total. The van der Waals surface area contributed by atoms with Crippen molar-refractivity contribution in [3.8, 4) is 0 Å². The van der Waals surface area contributed by atoms with Crippen LogP contribution in [0.5, 0.6) is 0 Å². The van der Waals surface area contributed by atoms with Crippen molar-refractivity contribution < 1.29 is 42.9 Å². The molecule has 2 unspecified atom stereocenters. The number of rotatable bonds is 54. The number of likely N-dealkylation sites (N-methyl/N-ethyl adjacent to an activating group) is 1. The number of carboxylic acid groups (broad SMARTS) is 1. The molecule has 0 heterocycles. The van der Waals surface area contributed by atoms with Gasteiger partial charge in [0.1, 0.15) is 13.2 Å². The lowest BCUT2D eigenvalue weighted by Gasteiger charge is -2.25. The summed E-state index contributed by atoms with van der Waals surface area (Å²) in [4.78, 5) is 37.5. The summed E-state index contributed by atoms with van der Waals surface area (Å²) in [5, 5.41) is 9.71. The molecule has 0 aromatic rings. The van der Waals surface area contributed by atoms with Crippen LogP contribution in [0.2, 0.25) is 0 Å². The number of hydrogen-bond donors (Lipinski definition) is 1. The van der Waals surface area contributed by atoms with Gasteiger partial charge in [0.25, 0.3) is 6.29 Å². The van der Waals surface area contributed by atoms with E-state index in [1.54, 1.807) is 0 Å². The molecular weight excluding hydrogens is 911 g/mol. The molecule has 2 atom stereocenters. The van der Waals surface area contributed by atoms with Gasteiger partial charge in [-0.3, -0.25) is 9.59 Å². The number of carbonyl (C=O) groups is 3. The number of quaternary nitrogens is 1. The average molecular weight is 1020 g/mol. The molecule has 0 aliphatic heterocycles. The number of ether oxygens (including phenoxy) is 4. The van der Waals surface area contributed by atoms with Crippen LogP contribution in [-0.4, -0.2) is 87.4 Å². The van der Waals surface area contributed by atoms with Gasteiger partial charge in [0.15, 0.2) is 6.10 Å². The molecule has 0 spiro atoms. The number of esters is 2. The van der Waals surface area contributed by atoms with Gasteiger partial charge in [0.05, 0.1) is 34.4 Å². The van der Waals surface area contributed by atoms with Crippen LogP contribution in [0.1, 0.15) is 245 Å². The molecular formula is C64H112NO8+. The lowest BCUT2D eigenvalue weighted by molar-refractivity contribution is -0.870. The standard InChI is InChI=1S/C64H111NO8/c1-6-8-10-12-14-16-18-20-22-24-26-28-29-30-31-32-33-35-37-39-41-43-45-47-49-51-53-55-62(67)73-60(59-72-64(63(68)69)70-57-56-65(3,4)5)58-71-61(66)54-52-50-48-46-44-42-40-38-36-34-27-25-23-21-19-17-15-13-11-9-7-2/h8,10,14,16,20,22,25-28,30-31,33,35,60,64H,6-7,9,11-13,15,17-19,21,23-24,29,32,34,36-59H2,1-5H3/p+1/b10-8-,16-14-,22-20-,27-25-,28-26-,31-30-,35-33-. The molecule has 0 rings (SSSR count). The van der Waals surface area contributed by atoms with Crippen LogP contribution in [0.3, 0.4) is 0 Å². The van der Waals surface area contributed by atoms with Crippen molar-refractivity contribution in [1.82, 2.24) is 0 Å². The lowest BCUT2D eigenvalue weighted by Crippen LogP contribution is -2.40. The molecule has 0 radical (unpaired) electrons. The zero-order chi connectivity index (χ0) is 53.4. The first-order chi connectivity index (χ1) is 35.6. The highest BCUT2D eigenvalue weighted by molar-refractivity contribution is 5.71. The summed E-state index contributed by atoms with van der Waals surface area (Å²) in [6.45, 7) is 4.76. The zero-order valence-electron chi connectivity index (χ0n) is 47.8. The highest BCUT2D eigenvalue weighted by atomic mass is 16.7. The Morgan fingerprint density at radius 1 is 0.425 bits per heavy atom. The third kappa shape index (κ3) is 56.0. The monoisotopic (exact) mass is 1020 g/mol. The molecule has 0 aliphatic carbocycles. The molecule has 0 aromatic carbocycles. The highest BCUT2D eigenvalue weighted by Crippen LogP contribution is 2.15. The Labute approximate surface area is 449 Å². The van der Waals surface area contributed by atoms with Crippen molar-refractivity contribution in [3.05, 3.63) is 85.1 Å². The van der Waals surface area contributed by atoms with Gasteiger partial charge in [-0.05, 0) is 89.9 Å². The second-order valence-corrected chi connectivity index (χ2v) is 20.9. The van der Waals surface area contributed by atoms with E-state index >= 15 is 0 Å². The van der Waals surface area contributed by atoms with Crippen LogP contribution >= 0.6 is 0 Å². The van der Waals surface area contributed by atoms with Crippen LogP contribution in [0, 0.1) is 0 Å². The molecule has 0 amide bonds. The topological polar surface area (TPSA) is 108 Å². The second-order valence-electron chi connectivity index (χ2n) is 20.9. The number of carbonyl (C=O) groups excluding carboxylic acids is 2. The molecule has 0 aliphatic rings. The Kier molecular flexibility index (Phi) is 52.1. The maximum Gasteiger partial charge on any atom is 0.361 e. The minimum Gasteiger partial charge on any atom is -0.477 e. The normalized spacial score (nSPS) is 13.4. The summed E-state index contributed by atoms with van der Waals surface area (Å²) >= 11 is 0. The zero-order valence-corrected chi connectivity index (χ0v) is 47.8. The maximum atomic E-state index is 12.9. The first-order valence-corrected chi connectivity index (χ1v) is 29.8. The molecule has 0 saturated heterocycles. The van der Waals surface area contributed by atoms with Crippen molar-refractivity contribution in [2.24, 2.45) is 0 Å². The summed E-state index contributed by atoms with van der Waals surface area (Å²) in [7, 11) is 5.96. The van der Waals surface area contributed by atoms with Gasteiger partial charge in [-0.2, -0.15) is 0 Å². The molecule has 0 bridgehead atoms. The molecule has 1 N–H and O–H groups in total. The van der Waals surface area contributed by atoms with Gasteiger partial charge >= 0.3 is 17.9 Å². The van der Waals surface area contributed by atoms with Gasteiger partial charge in [-0.1, -0.05) is 227 Å². The van der Waals surface area contributed by atoms with Crippen LogP contribution in [0.15, 0.2) is 85.1 Å². The van der Waals surface area contributed by atoms with Crippen LogP contribution in [0.4, 0.5) is 0 Å². The number of allylic oxidation sites excluding steroid dienone is 14. The van der Waals surface area contributed by atoms with Crippen LogP contribution in [-0.2, 0) is 33.3 Å². The summed E-state index contributed by atoms with van der Waals surface area (Å²) in [5.74, 6) is -2.02. The third-order valence-electron chi connectivity index (χ3n) is 12.6. The molecule has 0 aromatic heterocycles. The van der Waals surface area contributed by atoms with Crippen LogP contribution in [0.25, 0.3) is 0 Å². The number of carboxylic acids is 1. The van der Waals surface area contributed by atoms with E-state index in [2.05, 4.69) is 98.9 Å². The predicted molar refractivity (Wildman–Crippen MR) is 309 cm³/mol. The first-order valence-electron chi connectivity index (χ1n) is 29.8. The molecule has 9 heteroatoms. The minimum absolute atomic E-state index is 0.182. The summed E-state index contributed by atoms with van der Waals surface area (Å²) in [5.41, 5.74) is 0. The van der Waals surface area contributed by atoms with E-state index in [9.17, 15) is 19.5 Å². The SMILES string of the molecule is CC/C=C\C/C=C\C/C=C\C/C=C\C/C=C\C/C=C\CCCCCCCCCCC(=O)OC(COC(=O)CCCCCCCCCCC/C=C\CCCCCCCCCC)COC(OCC[N+](C)(C)C)C(=O)O. The quantitative estimate of drug-likeness (QED) is 0.0211. The Bertz CT molecular complexity index is 1470. The van der Waals surface area contributed by atoms with E-state index in [1.165, 1.54) is 128 Å². The molecule has 0 saturated carbocycles. The number of unbranched alkanes of at least 4 members (excludes halogenated alkanes) is 25. The molecule has 73 heavy (non-hydrogen) atoms. The summed E-state index contributed by atoms with van der Waals surface area (Å²) in [6.07, 6.45) is 69.4. The summed E-state index contributed by atoms with van der Waals surface area (Å²) in [6, 6.07) is 0. The van der Waals surface area contributed by atoms with E-state index in [1.807, 2.05) is 21.1 Å². The minimum atomic E-state index is -1.52. The van der Waals surface area contributed by atoms with Crippen molar-refractivity contribution >= 4 is 17.9 Å². The smallest absolute Gasteiger partial charge is 0.361 e. The fourth-order valence-corrected chi connectivity index (χ4v) is 8.07. The largest absolute Gasteiger partial charge is 0.477 e. The van der Waals surface area contributed by atoms with Crippen LogP contribution < -0.4 is 0 Å². The molecule has 420 valence electrons. The molecule has 0 fully saturated rings. The van der Waals surface area contributed by atoms with Gasteiger partial charge < -0.3 is 28.5 Å². The summed E-state index contributed by atoms with van der Waals surface area (Å²) < 4.78 is 22.9. The van der Waals surface area contributed by atoms with Gasteiger partial charge in [-0.15, -0.1) is 0 Å². The Morgan fingerprint density at radius 2 is 0.781 bits per heavy atom. The Balaban J connectivity index is 4.28. The van der Waals surface area contributed by atoms with Crippen molar-refractivity contribution in [1.29, 1.82) is 0 Å².